The molecule has 7 nitrogen and oxygen atoms in total. The largest absolute Gasteiger partial charge is 0.497 e. The molecule has 2 aromatic carbocycles. The van der Waals surface area contributed by atoms with Crippen LogP contribution in [0, 0.1) is 11.3 Å². The van der Waals surface area contributed by atoms with Gasteiger partial charge in [-0.25, -0.2) is 4.79 Å². The van der Waals surface area contributed by atoms with Crippen molar-refractivity contribution in [1.29, 1.82) is 5.26 Å². The number of aromatic nitrogens is 1. The molecule has 0 radical (unpaired) electrons. The Balaban J connectivity index is 2.18. The number of nitrogens with two attached hydrogens (primary N) is 1. The zero-order chi connectivity index (χ0) is 19.8. The van der Waals surface area contributed by atoms with Gasteiger partial charge in [-0.1, -0.05) is 24.3 Å². The fourth-order valence-electron chi connectivity index (χ4n) is 3.41. The van der Waals surface area contributed by atoms with Gasteiger partial charge in [-0.2, -0.15) is 5.26 Å². The molecule has 7 heteroatoms. The smallest absolute Gasteiger partial charge is 0.346 e. The molecule has 0 aliphatic rings. The zero-order valence-corrected chi connectivity index (χ0v) is 14.9. The van der Waals surface area contributed by atoms with Gasteiger partial charge in [0.2, 0.25) is 5.91 Å². The molecule has 138 valence electrons. The SMILES string of the molecule is COc1cccc(-c2[nH]c3c(c2C(C#N)C(N)=O)c(=O)oc2ccccc23)c1. The van der Waals surface area contributed by atoms with Crippen LogP contribution in [-0.2, 0) is 4.79 Å². The lowest BCUT2D eigenvalue weighted by molar-refractivity contribution is -0.118. The van der Waals surface area contributed by atoms with Crippen molar-refractivity contribution in [2.75, 3.05) is 7.11 Å². The number of para-hydroxylation sites is 1. The van der Waals surface area contributed by atoms with Crippen molar-refractivity contribution in [3.8, 4) is 23.1 Å². The third-order valence-electron chi connectivity index (χ3n) is 4.66. The topological polar surface area (TPSA) is 122 Å². The second-order valence-corrected chi connectivity index (χ2v) is 6.25. The Morgan fingerprint density at radius 3 is 2.75 bits per heavy atom. The third-order valence-corrected chi connectivity index (χ3v) is 4.66. The Morgan fingerprint density at radius 2 is 2.04 bits per heavy atom. The van der Waals surface area contributed by atoms with Gasteiger partial charge in [0, 0.05) is 16.5 Å². The van der Waals surface area contributed by atoms with E-state index in [2.05, 4.69) is 4.98 Å². The molecule has 0 spiro atoms. The average Bonchev–Trinajstić information content (AvgIpc) is 3.10. The fourth-order valence-corrected chi connectivity index (χ4v) is 3.41. The minimum absolute atomic E-state index is 0.141. The number of ether oxygens (including phenoxy) is 1. The van der Waals surface area contributed by atoms with Gasteiger partial charge in [-0.05, 0) is 24.3 Å². The lowest BCUT2D eigenvalue weighted by Crippen LogP contribution is -2.21. The molecule has 0 bridgehead atoms. The summed E-state index contributed by atoms with van der Waals surface area (Å²) in [4.78, 5) is 27.9. The number of rotatable bonds is 4. The first-order valence-electron chi connectivity index (χ1n) is 8.46. The highest BCUT2D eigenvalue weighted by molar-refractivity contribution is 6.08. The number of benzene rings is 2. The van der Waals surface area contributed by atoms with E-state index < -0.39 is 17.5 Å². The van der Waals surface area contributed by atoms with Crippen LogP contribution in [-0.4, -0.2) is 18.0 Å². The summed E-state index contributed by atoms with van der Waals surface area (Å²) in [5, 5.41) is 10.4. The number of nitrogens with one attached hydrogen (secondary N) is 1. The molecular weight excluding hydrogens is 358 g/mol. The highest BCUT2D eigenvalue weighted by Gasteiger charge is 2.29. The summed E-state index contributed by atoms with van der Waals surface area (Å²) in [5.41, 5.74) is 7.01. The Kier molecular flexibility index (Phi) is 4.09. The van der Waals surface area contributed by atoms with Gasteiger partial charge in [0.25, 0.3) is 0 Å². The van der Waals surface area contributed by atoms with Crippen molar-refractivity contribution < 1.29 is 13.9 Å². The molecule has 3 N–H and O–H groups in total. The molecule has 1 unspecified atom stereocenters. The summed E-state index contributed by atoms with van der Waals surface area (Å²) < 4.78 is 10.7. The maximum atomic E-state index is 12.8. The number of fused-ring (bicyclic) bond motifs is 3. The number of hydrogen-bond donors (Lipinski definition) is 2. The Hall–Kier alpha value is -4.05. The normalized spacial score (nSPS) is 12.0. The number of primary amides is 1. The predicted octanol–water partition coefficient (Wildman–Crippen LogP) is 3.04. The monoisotopic (exact) mass is 373 g/mol. The summed E-state index contributed by atoms with van der Waals surface area (Å²) >= 11 is 0. The van der Waals surface area contributed by atoms with E-state index in [9.17, 15) is 14.9 Å². The van der Waals surface area contributed by atoms with Crippen LogP contribution in [0.1, 0.15) is 11.5 Å². The number of hydrogen-bond acceptors (Lipinski definition) is 5. The molecule has 2 heterocycles. The van der Waals surface area contributed by atoms with Gasteiger partial charge in [0.1, 0.15) is 11.3 Å². The van der Waals surface area contributed by atoms with Crippen molar-refractivity contribution in [3.05, 3.63) is 64.5 Å². The minimum atomic E-state index is -1.32. The van der Waals surface area contributed by atoms with Crippen molar-refractivity contribution in [2.45, 2.75) is 5.92 Å². The number of amides is 1. The van der Waals surface area contributed by atoms with Crippen LogP contribution in [0.5, 0.6) is 5.75 Å². The van der Waals surface area contributed by atoms with Crippen LogP contribution in [0.25, 0.3) is 33.1 Å². The molecule has 2 aromatic heterocycles. The standard InChI is InChI=1S/C21H15N3O4/c1-27-12-6-4-5-11(9-12)18-16(14(10-22)20(23)25)17-19(24-18)13-7-2-3-8-15(13)28-21(17)26/h2-9,14,24H,1H3,(H2,23,25). The lowest BCUT2D eigenvalue weighted by atomic mass is 9.94. The third kappa shape index (κ3) is 2.59. The van der Waals surface area contributed by atoms with Crippen molar-refractivity contribution in [2.24, 2.45) is 5.73 Å². The predicted molar refractivity (Wildman–Crippen MR) is 104 cm³/mol. The summed E-state index contributed by atoms with van der Waals surface area (Å²) in [5.74, 6) is -1.58. The molecule has 28 heavy (non-hydrogen) atoms. The van der Waals surface area contributed by atoms with Crippen LogP contribution >= 0.6 is 0 Å². The quantitative estimate of drug-likeness (QED) is 0.532. The summed E-state index contributed by atoms with van der Waals surface area (Å²) in [7, 11) is 1.54. The lowest BCUT2D eigenvalue weighted by Gasteiger charge is -2.09. The fraction of sp³-hybridized carbons (Fsp3) is 0.0952. The first-order chi connectivity index (χ1) is 13.5. The van der Waals surface area contributed by atoms with Crippen LogP contribution in [0.15, 0.2) is 57.7 Å². The van der Waals surface area contributed by atoms with E-state index in [1.807, 2.05) is 12.1 Å². The van der Waals surface area contributed by atoms with Gasteiger partial charge in [0.15, 0.2) is 5.92 Å². The van der Waals surface area contributed by atoms with E-state index in [-0.39, 0.29) is 10.9 Å². The molecule has 0 fully saturated rings. The summed E-state index contributed by atoms with van der Waals surface area (Å²) in [6.45, 7) is 0. The number of methoxy groups -OCH3 is 1. The van der Waals surface area contributed by atoms with E-state index in [1.54, 1.807) is 42.5 Å². The van der Waals surface area contributed by atoms with Crippen LogP contribution in [0.2, 0.25) is 0 Å². The number of carbonyl (C=O) groups is 1. The first kappa shape index (κ1) is 17.4. The minimum Gasteiger partial charge on any atom is -0.497 e. The first-order valence-corrected chi connectivity index (χ1v) is 8.46. The summed E-state index contributed by atoms with van der Waals surface area (Å²) in [6.07, 6.45) is 0. The van der Waals surface area contributed by atoms with Gasteiger partial charge < -0.3 is 19.9 Å². The molecule has 4 rings (SSSR count). The Morgan fingerprint density at radius 1 is 1.25 bits per heavy atom. The molecule has 1 atom stereocenters. The van der Waals surface area contributed by atoms with E-state index in [0.717, 1.165) is 0 Å². The second-order valence-electron chi connectivity index (χ2n) is 6.25. The number of H-pyrrole nitrogens is 1. The van der Waals surface area contributed by atoms with Gasteiger partial charge >= 0.3 is 5.63 Å². The second kappa shape index (κ2) is 6.59. The zero-order valence-electron chi connectivity index (χ0n) is 14.9. The van der Waals surface area contributed by atoms with E-state index in [0.29, 0.717) is 33.5 Å². The van der Waals surface area contributed by atoms with Crippen LogP contribution in [0.4, 0.5) is 0 Å². The van der Waals surface area contributed by atoms with Gasteiger partial charge in [-0.3, -0.25) is 4.79 Å². The molecule has 0 saturated heterocycles. The number of nitrogens with zero attached hydrogens (tertiary/aromatic N) is 1. The average molecular weight is 373 g/mol. The van der Waals surface area contributed by atoms with Crippen LogP contribution < -0.4 is 16.1 Å². The van der Waals surface area contributed by atoms with Crippen molar-refractivity contribution in [1.82, 2.24) is 4.98 Å². The molecule has 0 saturated carbocycles. The Bertz CT molecular complexity index is 1330. The van der Waals surface area contributed by atoms with E-state index >= 15 is 0 Å². The maximum absolute atomic E-state index is 12.8. The van der Waals surface area contributed by atoms with Crippen LogP contribution in [0.3, 0.4) is 0 Å². The maximum Gasteiger partial charge on any atom is 0.346 e. The number of nitriles is 1. The van der Waals surface area contributed by atoms with E-state index in [1.165, 1.54) is 7.11 Å². The molecule has 0 aliphatic heterocycles. The molecule has 4 aromatic rings. The molecule has 0 aliphatic carbocycles. The number of aromatic amines is 1. The summed E-state index contributed by atoms with van der Waals surface area (Å²) in [6, 6.07) is 16.0. The molecular formula is C21H15N3O4. The van der Waals surface area contributed by atoms with Gasteiger partial charge in [0.05, 0.1) is 29.8 Å². The highest BCUT2D eigenvalue weighted by atomic mass is 16.5. The van der Waals surface area contributed by atoms with Crippen molar-refractivity contribution >= 4 is 27.8 Å². The van der Waals surface area contributed by atoms with Gasteiger partial charge in [-0.15, -0.1) is 0 Å². The van der Waals surface area contributed by atoms with E-state index in [4.69, 9.17) is 14.9 Å². The number of carbonyl (C=O) groups excluding carboxylic acids is 1. The highest BCUT2D eigenvalue weighted by Crippen LogP contribution is 2.37. The van der Waals surface area contributed by atoms with Crippen molar-refractivity contribution in [3.63, 3.8) is 0 Å². The Labute approximate surface area is 158 Å². The molecule has 1 amide bonds.